The first-order valence-electron chi connectivity index (χ1n) is 8.97. The molecule has 2 atom stereocenters. The van der Waals surface area contributed by atoms with Gasteiger partial charge in [0.15, 0.2) is 11.5 Å². The first-order chi connectivity index (χ1) is 11.2. The second kappa shape index (κ2) is 8.02. The number of hydrogen-bond acceptors (Lipinski definition) is 4. The molecular formula is C19H30N2O2. The number of hydrogen-bond donors (Lipinski definition) is 1. The largest absolute Gasteiger partial charge is 0.493 e. The van der Waals surface area contributed by atoms with Crippen LogP contribution in [0.25, 0.3) is 0 Å². The van der Waals surface area contributed by atoms with Crippen LogP contribution in [0.5, 0.6) is 11.5 Å². The number of nitrogens with one attached hydrogen (secondary N) is 1. The first kappa shape index (κ1) is 16.6. The second-order valence-corrected chi connectivity index (χ2v) is 7.05. The van der Waals surface area contributed by atoms with Crippen molar-refractivity contribution in [1.29, 1.82) is 0 Å². The van der Waals surface area contributed by atoms with Gasteiger partial charge in [0.05, 0.1) is 7.11 Å². The van der Waals surface area contributed by atoms with Gasteiger partial charge in [0.2, 0.25) is 0 Å². The van der Waals surface area contributed by atoms with Crippen LogP contribution in [0.15, 0.2) is 18.2 Å². The fraction of sp³-hybridized carbons (Fsp3) is 0.684. The molecule has 0 aromatic heterocycles. The lowest BCUT2D eigenvalue weighted by atomic mass is 9.92. The molecule has 3 rings (SSSR count). The summed E-state index contributed by atoms with van der Waals surface area (Å²) in [6, 6.07) is 6.47. The minimum absolute atomic E-state index is 0.274. The maximum absolute atomic E-state index is 6.21. The maximum Gasteiger partial charge on any atom is 0.161 e. The van der Waals surface area contributed by atoms with Crippen LogP contribution in [0.1, 0.15) is 31.2 Å². The lowest BCUT2D eigenvalue weighted by molar-refractivity contribution is 0.101. The normalized spacial score (nSPS) is 26.0. The van der Waals surface area contributed by atoms with Gasteiger partial charge in [0.25, 0.3) is 0 Å². The van der Waals surface area contributed by atoms with Crippen molar-refractivity contribution in [2.24, 2.45) is 5.92 Å². The van der Waals surface area contributed by atoms with Crippen LogP contribution in [-0.2, 0) is 6.42 Å². The molecule has 0 spiro atoms. The monoisotopic (exact) mass is 318 g/mol. The fourth-order valence-electron chi connectivity index (χ4n) is 3.76. The number of rotatable bonds is 5. The molecule has 0 aliphatic carbocycles. The van der Waals surface area contributed by atoms with Gasteiger partial charge in [-0.1, -0.05) is 6.07 Å². The molecule has 2 aliphatic heterocycles. The summed E-state index contributed by atoms with van der Waals surface area (Å²) in [6.07, 6.45) is 6.34. The molecule has 0 radical (unpaired) electrons. The van der Waals surface area contributed by atoms with E-state index >= 15 is 0 Å². The topological polar surface area (TPSA) is 33.7 Å². The molecular weight excluding hydrogens is 288 g/mol. The van der Waals surface area contributed by atoms with Gasteiger partial charge in [-0.05, 0) is 82.4 Å². The van der Waals surface area contributed by atoms with E-state index in [2.05, 4.69) is 35.5 Å². The third-order valence-electron chi connectivity index (χ3n) is 5.03. The number of nitrogens with zero attached hydrogens (tertiary/aromatic N) is 1. The lowest BCUT2D eigenvalue weighted by Crippen LogP contribution is -2.38. The molecule has 4 heteroatoms. The van der Waals surface area contributed by atoms with Crippen molar-refractivity contribution < 1.29 is 9.47 Å². The van der Waals surface area contributed by atoms with Gasteiger partial charge >= 0.3 is 0 Å². The Morgan fingerprint density at radius 2 is 2.13 bits per heavy atom. The van der Waals surface area contributed by atoms with Gasteiger partial charge in [-0.2, -0.15) is 0 Å². The van der Waals surface area contributed by atoms with E-state index in [9.17, 15) is 0 Å². The third kappa shape index (κ3) is 4.61. The van der Waals surface area contributed by atoms with Crippen molar-refractivity contribution in [3.8, 4) is 11.5 Å². The van der Waals surface area contributed by atoms with Crippen LogP contribution >= 0.6 is 0 Å². The van der Waals surface area contributed by atoms with E-state index in [-0.39, 0.29) is 6.10 Å². The summed E-state index contributed by atoms with van der Waals surface area (Å²) in [4.78, 5) is 2.34. The minimum atomic E-state index is 0.274. The van der Waals surface area contributed by atoms with E-state index in [4.69, 9.17) is 9.47 Å². The van der Waals surface area contributed by atoms with E-state index < -0.39 is 0 Å². The summed E-state index contributed by atoms with van der Waals surface area (Å²) in [5.41, 5.74) is 1.35. The Morgan fingerprint density at radius 1 is 1.22 bits per heavy atom. The molecule has 1 aromatic rings. The SMILES string of the molecule is COc1cc(CC2CCCNC2)ccc1OC1CCCN(C)C1. The predicted octanol–water partition coefficient (Wildman–Crippen LogP) is 2.71. The predicted molar refractivity (Wildman–Crippen MR) is 93.4 cm³/mol. The van der Waals surface area contributed by atoms with Crippen molar-refractivity contribution in [3.63, 3.8) is 0 Å². The van der Waals surface area contributed by atoms with E-state index in [1.165, 1.54) is 37.9 Å². The maximum atomic E-state index is 6.21. The Hall–Kier alpha value is -1.26. The summed E-state index contributed by atoms with van der Waals surface area (Å²) in [6.45, 7) is 4.47. The average Bonchev–Trinajstić information content (AvgIpc) is 2.57. The molecule has 2 aliphatic rings. The van der Waals surface area contributed by atoms with Crippen LogP contribution in [0.3, 0.4) is 0 Å². The summed E-state index contributed by atoms with van der Waals surface area (Å²) in [5, 5.41) is 3.49. The Kier molecular flexibility index (Phi) is 5.79. The highest BCUT2D eigenvalue weighted by Crippen LogP contribution is 2.31. The molecule has 0 saturated carbocycles. The summed E-state index contributed by atoms with van der Waals surface area (Å²) >= 11 is 0. The molecule has 1 aromatic carbocycles. The molecule has 4 nitrogen and oxygen atoms in total. The summed E-state index contributed by atoms with van der Waals surface area (Å²) in [5.74, 6) is 2.50. The molecule has 2 heterocycles. The van der Waals surface area contributed by atoms with Gasteiger partial charge in [-0.3, -0.25) is 0 Å². The Morgan fingerprint density at radius 3 is 2.87 bits per heavy atom. The smallest absolute Gasteiger partial charge is 0.161 e. The summed E-state index contributed by atoms with van der Waals surface area (Å²) in [7, 11) is 3.90. The van der Waals surface area contributed by atoms with Crippen LogP contribution in [0, 0.1) is 5.92 Å². The summed E-state index contributed by atoms with van der Waals surface area (Å²) < 4.78 is 11.8. The number of likely N-dealkylation sites (N-methyl/N-ethyl adjacent to an activating group) is 1. The van der Waals surface area contributed by atoms with E-state index in [1.54, 1.807) is 7.11 Å². The van der Waals surface area contributed by atoms with Crippen molar-refractivity contribution in [3.05, 3.63) is 23.8 Å². The van der Waals surface area contributed by atoms with Crippen LogP contribution < -0.4 is 14.8 Å². The van der Waals surface area contributed by atoms with Gasteiger partial charge in [-0.15, -0.1) is 0 Å². The lowest BCUT2D eigenvalue weighted by Gasteiger charge is -2.30. The molecule has 128 valence electrons. The number of likely N-dealkylation sites (tertiary alicyclic amines) is 1. The van der Waals surface area contributed by atoms with E-state index in [1.807, 2.05) is 0 Å². The average molecular weight is 318 g/mol. The quantitative estimate of drug-likeness (QED) is 0.905. The highest BCUT2D eigenvalue weighted by Gasteiger charge is 2.20. The molecule has 1 N–H and O–H groups in total. The molecule has 0 bridgehead atoms. The highest BCUT2D eigenvalue weighted by atomic mass is 16.5. The minimum Gasteiger partial charge on any atom is -0.493 e. The number of piperidine rings is 2. The van der Waals surface area contributed by atoms with Crippen LogP contribution in [-0.4, -0.2) is 51.3 Å². The van der Waals surface area contributed by atoms with Gasteiger partial charge in [0.1, 0.15) is 6.10 Å². The van der Waals surface area contributed by atoms with Crippen molar-refractivity contribution in [1.82, 2.24) is 10.2 Å². The van der Waals surface area contributed by atoms with Crippen molar-refractivity contribution in [2.45, 2.75) is 38.2 Å². The Balaban J connectivity index is 1.64. The van der Waals surface area contributed by atoms with Crippen LogP contribution in [0.2, 0.25) is 0 Å². The standard InChI is InChI=1S/C19H30N2O2/c1-21-10-4-6-17(14-21)23-18-8-7-15(12-19(18)22-2)11-16-5-3-9-20-13-16/h7-8,12,16-17,20H,3-6,9-11,13-14H2,1-2H3. The second-order valence-electron chi connectivity index (χ2n) is 7.05. The van der Waals surface area contributed by atoms with Gasteiger partial charge in [0, 0.05) is 6.54 Å². The van der Waals surface area contributed by atoms with E-state index in [0.717, 1.165) is 43.3 Å². The van der Waals surface area contributed by atoms with E-state index in [0.29, 0.717) is 0 Å². The zero-order valence-electron chi connectivity index (χ0n) is 14.5. The van der Waals surface area contributed by atoms with Crippen molar-refractivity contribution >= 4 is 0 Å². The number of benzene rings is 1. The molecule has 0 amide bonds. The third-order valence-corrected chi connectivity index (χ3v) is 5.03. The molecule has 23 heavy (non-hydrogen) atoms. The zero-order chi connectivity index (χ0) is 16.1. The number of ether oxygens (including phenoxy) is 2. The molecule has 2 unspecified atom stereocenters. The molecule has 2 fully saturated rings. The fourth-order valence-corrected chi connectivity index (χ4v) is 3.76. The number of methoxy groups -OCH3 is 1. The van der Waals surface area contributed by atoms with Crippen LogP contribution in [0.4, 0.5) is 0 Å². The molecule has 2 saturated heterocycles. The highest BCUT2D eigenvalue weighted by molar-refractivity contribution is 5.43. The van der Waals surface area contributed by atoms with Crippen molar-refractivity contribution in [2.75, 3.05) is 40.3 Å². The van der Waals surface area contributed by atoms with Gasteiger partial charge in [-0.25, -0.2) is 0 Å². The Bertz CT molecular complexity index is 500. The first-order valence-corrected chi connectivity index (χ1v) is 8.97. The Labute approximate surface area is 140 Å². The van der Waals surface area contributed by atoms with Gasteiger partial charge < -0.3 is 19.7 Å². The zero-order valence-corrected chi connectivity index (χ0v) is 14.5.